The topological polar surface area (TPSA) is 59.2 Å². The molecular weight excluding hydrogens is 425 g/mol. The monoisotopic (exact) mass is 443 g/mol. The number of benzene rings is 2. The van der Waals surface area contributed by atoms with Crippen LogP contribution in [0.2, 0.25) is 0 Å². The fourth-order valence-corrected chi connectivity index (χ4v) is 3.65. The molecule has 0 aliphatic carbocycles. The van der Waals surface area contributed by atoms with Crippen LogP contribution in [0, 0.1) is 5.82 Å². The number of amides is 1. The Morgan fingerprint density at radius 3 is 2.46 bits per heavy atom. The standard InChI is InChI=1S/C21H19BrFN3O2/c22-17-5-1-14(2-6-17)13-19(27)26-11-9-16(10-12-26)21-24-20(25-28-21)15-3-7-18(23)8-4-15/h1-8,16H,9-13H2. The average Bonchev–Trinajstić information content (AvgIpc) is 3.20. The van der Waals surface area contributed by atoms with Gasteiger partial charge in [-0.2, -0.15) is 4.98 Å². The number of carbonyl (C=O) groups is 1. The van der Waals surface area contributed by atoms with Crippen molar-refractivity contribution in [1.29, 1.82) is 0 Å². The van der Waals surface area contributed by atoms with Crippen molar-refractivity contribution in [2.75, 3.05) is 13.1 Å². The summed E-state index contributed by atoms with van der Waals surface area (Å²) < 4.78 is 19.5. The molecule has 3 aromatic rings. The van der Waals surface area contributed by atoms with Crippen LogP contribution in [0.3, 0.4) is 0 Å². The first-order valence-corrected chi connectivity index (χ1v) is 9.99. The molecular formula is C21H19BrFN3O2. The number of hydrogen-bond acceptors (Lipinski definition) is 4. The first-order valence-electron chi connectivity index (χ1n) is 9.20. The van der Waals surface area contributed by atoms with E-state index in [1.54, 1.807) is 12.1 Å². The lowest BCUT2D eigenvalue weighted by molar-refractivity contribution is -0.131. The number of rotatable bonds is 4. The molecule has 144 valence electrons. The Morgan fingerprint density at radius 1 is 1.11 bits per heavy atom. The molecule has 2 heterocycles. The average molecular weight is 444 g/mol. The zero-order chi connectivity index (χ0) is 19.5. The quantitative estimate of drug-likeness (QED) is 0.591. The van der Waals surface area contributed by atoms with E-state index < -0.39 is 0 Å². The van der Waals surface area contributed by atoms with Gasteiger partial charge in [0.25, 0.3) is 0 Å². The second kappa shape index (κ2) is 8.22. The van der Waals surface area contributed by atoms with Crippen LogP contribution in [0.15, 0.2) is 57.5 Å². The maximum Gasteiger partial charge on any atom is 0.230 e. The first kappa shape index (κ1) is 18.8. The third-order valence-corrected chi connectivity index (χ3v) is 5.54. The van der Waals surface area contributed by atoms with Crippen molar-refractivity contribution in [3.8, 4) is 11.4 Å². The lowest BCUT2D eigenvalue weighted by Crippen LogP contribution is -2.38. The molecule has 0 atom stereocenters. The number of likely N-dealkylation sites (tertiary alicyclic amines) is 1. The van der Waals surface area contributed by atoms with Crippen LogP contribution in [-0.4, -0.2) is 34.0 Å². The lowest BCUT2D eigenvalue weighted by Gasteiger charge is -2.30. The summed E-state index contributed by atoms with van der Waals surface area (Å²) in [5, 5.41) is 4.02. The highest BCUT2D eigenvalue weighted by molar-refractivity contribution is 9.10. The SMILES string of the molecule is O=C(Cc1ccc(Br)cc1)N1CCC(c2nc(-c3ccc(F)cc3)no2)CC1. The van der Waals surface area contributed by atoms with E-state index in [4.69, 9.17) is 4.52 Å². The van der Waals surface area contributed by atoms with Gasteiger partial charge < -0.3 is 9.42 Å². The zero-order valence-electron chi connectivity index (χ0n) is 15.1. The van der Waals surface area contributed by atoms with Crippen LogP contribution in [0.5, 0.6) is 0 Å². The Hall–Kier alpha value is -2.54. The molecule has 1 aromatic heterocycles. The number of aromatic nitrogens is 2. The van der Waals surface area contributed by atoms with Gasteiger partial charge >= 0.3 is 0 Å². The van der Waals surface area contributed by atoms with Crippen molar-refractivity contribution in [2.24, 2.45) is 0 Å². The van der Waals surface area contributed by atoms with Gasteiger partial charge in [-0.3, -0.25) is 4.79 Å². The Kier molecular flexibility index (Phi) is 5.52. The second-order valence-electron chi connectivity index (χ2n) is 6.92. The minimum atomic E-state index is -0.298. The van der Waals surface area contributed by atoms with E-state index in [2.05, 4.69) is 26.1 Å². The van der Waals surface area contributed by atoms with Gasteiger partial charge in [-0.05, 0) is 54.8 Å². The summed E-state index contributed by atoms with van der Waals surface area (Å²) in [5.74, 6) is 1.02. The molecule has 1 aliphatic heterocycles. The molecule has 0 N–H and O–H groups in total. The summed E-state index contributed by atoms with van der Waals surface area (Å²) in [6.45, 7) is 1.35. The Bertz CT molecular complexity index is 949. The number of halogens is 2. The van der Waals surface area contributed by atoms with Crippen LogP contribution < -0.4 is 0 Å². The van der Waals surface area contributed by atoms with Gasteiger partial charge in [0.15, 0.2) is 0 Å². The van der Waals surface area contributed by atoms with E-state index in [1.807, 2.05) is 29.2 Å². The van der Waals surface area contributed by atoms with E-state index in [-0.39, 0.29) is 17.6 Å². The maximum absolute atomic E-state index is 13.1. The summed E-state index contributed by atoms with van der Waals surface area (Å²) in [7, 11) is 0. The van der Waals surface area contributed by atoms with Crippen molar-refractivity contribution < 1.29 is 13.7 Å². The maximum atomic E-state index is 13.1. The fourth-order valence-electron chi connectivity index (χ4n) is 3.38. The van der Waals surface area contributed by atoms with Gasteiger partial charge in [0.05, 0.1) is 6.42 Å². The summed E-state index contributed by atoms with van der Waals surface area (Å²) in [6, 6.07) is 13.8. The van der Waals surface area contributed by atoms with E-state index in [9.17, 15) is 9.18 Å². The highest BCUT2D eigenvalue weighted by Crippen LogP contribution is 2.29. The summed E-state index contributed by atoms with van der Waals surface area (Å²) >= 11 is 3.40. The van der Waals surface area contributed by atoms with Crippen LogP contribution in [0.25, 0.3) is 11.4 Å². The predicted octanol–water partition coefficient (Wildman–Crippen LogP) is 4.59. The van der Waals surface area contributed by atoms with Gasteiger partial charge in [0.2, 0.25) is 17.6 Å². The van der Waals surface area contributed by atoms with Crippen molar-refractivity contribution in [2.45, 2.75) is 25.2 Å². The summed E-state index contributed by atoms with van der Waals surface area (Å²) in [6.07, 6.45) is 1.99. The molecule has 7 heteroatoms. The van der Waals surface area contributed by atoms with Crippen molar-refractivity contribution >= 4 is 21.8 Å². The molecule has 1 aliphatic rings. The molecule has 0 radical (unpaired) electrons. The van der Waals surface area contributed by atoms with Gasteiger partial charge in [0.1, 0.15) is 5.82 Å². The molecule has 4 rings (SSSR count). The van der Waals surface area contributed by atoms with Gasteiger partial charge in [0, 0.05) is 29.0 Å². The van der Waals surface area contributed by atoms with Crippen molar-refractivity contribution in [3.63, 3.8) is 0 Å². The fraction of sp³-hybridized carbons (Fsp3) is 0.286. The summed E-state index contributed by atoms with van der Waals surface area (Å²) in [4.78, 5) is 18.9. The van der Waals surface area contributed by atoms with Crippen molar-refractivity contribution in [1.82, 2.24) is 15.0 Å². The smallest absolute Gasteiger partial charge is 0.230 e. The second-order valence-corrected chi connectivity index (χ2v) is 7.84. The number of hydrogen-bond donors (Lipinski definition) is 0. The third-order valence-electron chi connectivity index (χ3n) is 5.01. The summed E-state index contributed by atoms with van der Waals surface area (Å²) in [5.41, 5.74) is 1.73. The molecule has 2 aromatic carbocycles. The number of nitrogens with zero attached hydrogens (tertiary/aromatic N) is 3. The van der Waals surface area contributed by atoms with Crippen LogP contribution in [0.1, 0.15) is 30.2 Å². The van der Waals surface area contributed by atoms with E-state index in [0.717, 1.165) is 28.4 Å². The highest BCUT2D eigenvalue weighted by atomic mass is 79.9. The normalized spacial score (nSPS) is 15.0. The van der Waals surface area contributed by atoms with Crippen LogP contribution in [0.4, 0.5) is 4.39 Å². The number of carbonyl (C=O) groups excluding carboxylic acids is 1. The minimum absolute atomic E-state index is 0.137. The largest absolute Gasteiger partial charge is 0.342 e. The lowest BCUT2D eigenvalue weighted by atomic mass is 9.96. The molecule has 1 amide bonds. The molecule has 0 unspecified atom stereocenters. The zero-order valence-corrected chi connectivity index (χ0v) is 16.7. The van der Waals surface area contributed by atoms with Gasteiger partial charge in [-0.1, -0.05) is 33.2 Å². The van der Waals surface area contributed by atoms with Gasteiger partial charge in [-0.15, -0.1) is 0 Å². The number of piperidine rings is 1. The van der Waals surface area contributed by atoms with E-state index >= 15 is 0 Å². The van der Waals surface area contributed by atoms with Gasteiger partial charge in [-0.25, -0.2) is 4.39 Å². The van der Waals surface area contributed by atoms with Crippen molar-refractivity contribution in [3.05, 3.63) is 70.3 Å². The molecule has 0 saturated carbocycles. The Labute approximate surface area is 170 Å². The highest BCUT2D eigenvalue weighted by Gasteiger charge is 2.27. The Morgan fingerprint density at radius 2 is 1.79 bits per heavy atom. The van der Waals surface area contributed by atoms with E-state index in [0.29, 0.717) is 31.2 Å². The molecule has 0 spiro atoms. The van der Waals surface area contributed by atoms with E-state index in [1.165, 1.54) is 12.1 Å². The molecule has 28 heavy (non-hydrogen) atoms. The van der Waals surface area contributed by atoms with Crippen LogP contribution in [-0.2, 0) is 11.2 Å². The Balaban J connectivity index is 1.34. The molecule has 5 nitrogen and oxygen atoms in total. The molecule has 1 saturated heterocycles. The minimum Gasteiger partial charge on any atom is -0.342 e. The van der Waals surface area contributed by atoms with Crippen LogP contribution >= 0.6 is 15.9 Å². The molecule has 1 fully saturated rings. The third kappa shape index (κ3) is 4.30. The first-order chi connectivity index (χ1) is 13.6. The predicted molar refractivity (Wildman–Crippen MR) is 106 cm³/mol. The molecule has 0 bridgehead atoms.